The Morgan fingerprint density at radius 1 is 1.32 bits per heavy atom. The molecule has 0 spiro atoms. The van der Waals surface area contributed by atoms with Gasteiger partial charge in [-0.05, 0) is 32.9 Å². The largest absolute Gasteiger partial charge is 0.346 e. The molecule has 0 aliphatic rings. The molecule has 0 saturated heterocycles. The molecule has 0 radical (unpaired) electrons. The molecule has 4 aromatic rings. The lowest BCUT2D eigenvalue weighted by Crippen LogP contribution is -2.36. The number of aromatic nitrogens is 4. The fourth-order valence-corrected chi connectivity index (χ4v) is 4.29. The standard InChI is InChI=1S/C20H20ClN5OS/c1-12-8-14(3)26(24-12)9-13(2)22-19(27)18-11-28-20-23-17(10-25(18)20)15-6-4-5-7-16(15)21/h4-8,10-11,13H,9H2,1-3H3,(H,22,27). The summed E-state index contributed by atoms with van der Waals surface area (Å²) in [5.41, 5.74) is 4.22. The maximum Gasteiger partial charge on any atom is 0.269 e. The fourth-order valence-electron chi connectivity index (χ4n) is 3.21. The molecule has 1 atom stereocenters. The highest BCUT2D eigenvalue weighted by Crippen LogP contribution is 2.29. The molecule has 8 heteroatoms. The van der Waals surface area contributed by atoms with Crippen molar-refractivity contribution in [3.05, 3.63) is 64.0 Å². The predicted octanol–water partition coefficient (Wildman–Crippen LogP) is 4.35. The van der Waals surface area contributed by atoms with Crippen molar-refractivity contribution in [2.75, 3.05) is 0 Å². The number of hydrogen-bond donors (Lipinski definition) is 1. The van der Waals surface area contributed by atoms with Gasteiger partial charge in [0.15, 0.2) is 4.96 Å². The van der Waals surface area contributed by atoms with E-state index in [0.29, 0.717) is 17.3 Å². The number of rotatable bonds is 5. The van der Waals surface area contributed by atoms with Crippen LogP contribution in [0.5, 0.6) is 0 Å². The molecular formula is C20H20ClN5OS. The zero-order valence-electron chi connectivity index (χ0n) is 15.8. The topological polar surface area (TPSA) is 64.2 Å². The highest BCUT2D eigenvalue weighted by atomic mass is 35.5. The number of hydrogen-bond acceptors (Lipinski definition) is 4. The second-order valence-electron chi connectivity index (χ2n) is 6.86. The minimum absolute atomic E-state index is 0.0630. The van der Waals surface area contributed by atoms with Gasteiger partial charge >= 0.3 is 0 Å². The lowest BCUT2D eigenvalue weighted by molar-refractivity contribution is 0.0930. The normalized spacial score (nSPS) is 12.4. The molecule has 0 bridgehead atoms. The Hall–Kier alpha value is -2.64. The van der Waals surface area contributed by atoms with Crippen LogP contribution in [0.3, 0.4) is 0 Å². The lowest BCUT2D eigenvalue weighted by Gasteiger charge is -2.14. The van der Waals surface area contributed by atoms with Gasteiger partial charge in [0.1, 0.15) is 5.69 Å². The van der Waals surface area contributed by atoms with Crippen molar-refractivity contribution in [3.63, 3.8) is 0 Å². The Morgan fingerprint density at radius 3 is 2.82 bits per heavy atom. The first-order valence-corrected chi connectivity index (χ1v) is 10.2. The second-order valence-corrected chi connectivity index (χ2v) is 8.11. The summed E-state index contributed by atoms with van der Waals surface area (Å²) in [5, 5.41) is 9.97. The van der Waals surface area contributed by atoms with Crippen molar-refractivity contribution in [1.82, 2.24) is 24.5 Å². The van der Waals surface area contributed by atoms with Gasteiger partial charge in [0, 0.05) is 28.9 Å². The van der Waals surface area contributed by atoms with E-state index in [1.54, 1.807) is 0 Å². The fraction of sp³-hybridized carbons (Fsp3) is 0.250. The number of aryl methyl sites for hydroxylation is 2. The number of halogens is 1. The number of amides is 1. The van der Waals surface area contributed by atoms with Crippen molar-refractivity contribution < 1.29 is 4.79 Å². The van der Waals surface area contributed by atoms with E-state index in [1.807, 2.05) is 71.8 Å². The van der Waals surface area contributed by atoms with Crippen LogP contribution in [0.25, 0.3) is 16.2 Å². The third-order valence-corrected chi connectivity index (χ3v) is 5.69. The van der Waals surface area contributed by atoms with Crippen molar-refractivity contribution in [1.29, 1.82) is 0 Å². The predicted molar refractivity (Wildman–Crippen MR) is 112 cm³/mol. The summed E-state index contributed by atoms with van der Waals surface area (Å²) in [6, 6.07) is 9.52. The van der Waals surface area contributed by atoms with E-state index in [-0.39, 0.29) is 11.9 Å². The maximum absolute atomic E-state index is 12.8. The quantitative estimate of drug-likeness (QED) is 0.529. The molecule has 1 aromatic carbocycles. The smallest absolute Gasteiger partial charge is 0.269 e. The van der Waals surface area contributed by atoms with E-state index in [0.717, 1.165) is 27.6 Å². The van der Waals surface area contributed by atoms with Crippen LogP contribution in [0.15, 0.2) is 41.9 Å². The van der Waals surface area contributed by atoms with Crippen LogP contribution >= 0.6 is 22.9 Å². The number of nitrogens with one attached hydrogen (secondary N) is 1. The highest BCUT2D eigenvalue weighted by molar-refractivity contribution is 7.15. The molecule has 1 unspecified atom stereocenters. The monoisotopic (exact) mass is 413 g/mol. The first-order valence-electron chi connectivity index (χ1n) is 8.96. The first-order chi connectivity index (χ1) is 13.4. The van der Waals surface area contributed by atoms with Crippen molar-refractivity contribution >= 4 is 33.8 Å². The van der Waals surface area contributed by atoms with E-state index in [9.17, 15) is 4.79 Å². The average molecular weight is 414 g/mol. The van der Waals surface area contributed by atoms with E-state index in [2.05, 4.69) is 15.4 Å². The molecule has 0 saturated carbocycles. The molecule has 0 aliphatic heterocycles. The summed E-state index contributed by atoms with van der Waals surface area (Å²) in [7, 11) is 0. The van der Waals surface area contributed by atoms with Gasteiger partial charge < -0.3 is 5.32 Å². The molecule has 6 nitrogen and oxygen atoms in total. The average Bonchev–Trinajstić information content (AvgIpc) is 3.29. The highest BCUT2D eigenvalue weighted by Gasteiger charge is 2.18. The molecule has 1 amide bonds. The number of fused-ring (bicyclic) bond motifs is 1. The lowest BCUT2D eigenvalue weighted by atomic mass is 10.2. The summed E-state index contributed by atoms with van der Waals surface area (Å²) < 4.78 is 3.73. The molecule has 0 fully saturated rings. The molecule has 4 rings (SSSR count). The van der Waals surface area contributed by atoms with Crippen LogP contribution in [-0.4, -0.2) is 31.1 Å². The van der Waals surface area contributed by atoms with E-state index >= 15 is 0 Å². The Bertz CT molecular complexity index is 1160. The van der Waals surface area contributed by atoms with Crippen LogP contribution < -0.4 is 5.32 Å². The van der Waals surface area contributed by atoms with Gasteiger partial charge in [-0.3, -0.25) is 13.9 Å². The van der Waals surface area contributed by atoms with Gasteiger partial charge in [-0.1, -0.05) is 29.8 Å². The van der Waals surface area contributed by atoms with E-state index in [1.165, 1.54) is 11.3 Å². The number of benzene rings is 1. The second kappa shape index (κ2) is 7.41. The SMILES string of the molecule is Cc1cc(C)n(CC(C)NC(=O)c2csc3nc(-c4ccccc4Cl)cn23)n1. The van der Waals surface area contributed by atoms with Gasteiger partial charge in [0.2, 0.25) is 0 Å². The van der Waals surface area contributed by atoms with Crippen LogP contribution in [-0.2, 0) is 6.54 Å². The number of thiazole rings is 1. The summed E-state index contributed by atoms with van der Waals surface area (Å²) in [6.45, 7) is 6.57. The zero-order valence-corrected chi connectivity index (χ0v) is 17.4. The van der Waals surface area contributed by atoms with Crippen molar-refractivity contribution in [3.8, 4) is 11.3 Å². The third kappa shape index (κ3) is 3.55. The van der Waals surface area contributed by atoms with Gasteiger partial charge in [0.25, 0.3) is 5.91 Å². The van der Waals surface area contributed by atoms with E-state index in [4.69, 9.17) is 11.6 Å². The van der Waals surface area contributed by atoms with Crippen LogP contribution in [0, 0.1) is 13.8 Å². The van der Waals surface area contributed by atoms with Gasteiger partial charge in [-0.25, -0.2) is 4.98 Å². The molecular weight excluding hydrogens is 394 g/mol. The summed E-state index contributed by atoms with van der Waals surface area (Å²) >= 11 is 7.71. The molecule has 3 heterocycles. The van der Waals surface area contributed by atoms with Crippen LogP contribution in [0.1, 0.15) is 28.8 Å². The number of nitrogens with zero attached hydrogens (tertiary/aromatic N) is 4. The van der Waals surface area contributed by atoms with Crippen LogP contribution in [0.4, 0.5) is 0 Å². The Balaban J connectivity index is 1.54. The minimum Gasteiger partial charge on any atom is -0.346 e. The van der Waals surface area contributed by atoms with Gasteiger partial charge in [-0.15, -0.1) is 11.3 Å². The minimum atomic E-state index is -0.136. The Morgan fingerprint density at radius 2 is 2.11 bits per heavy atom. The van der Waals surface area contributed by atoms with Gasteiger partial charge in [-0.2, -0.15) is 5.10 Å². The molecule has 144 valence electrons. The van der Waals surface area contributed by atoms with Crippen molar-refractivity contribution in [2.24, 2.45) is 0 Å². The molecule has 1 N–H and O–H groups in total. The summed E-state index contributed by atoms with van der Waals surface area (Å²) in [6.07, 6.45) is 1.85. The Kier molecular flexibility index (Phi) is 4.95. The number of carbonyl (C=O) groups is 1. The third-order valence-electron chi connectivity index (χ3n) is 4.52. The zero-order chi connectivity index (χ0) is 19.8. The number of imidazole rings is 1. The van der Waals surface area contributed by atoms with E-state index < -0.39 is 0 Å². The molecule has 28 heavy (non-hydrogen) atoms. The summed E-state index contributed by atoms with van der Waals surface area (Å²) in [5.74, 6) is -0.136. The first kappa shape index (κ1) is 18.7. The molecule has 3 aromatic heterocycles. The Labute approximate surface area is 171 Å². The van der Waals surface area contributed by atoms with Crippen molar-refractivity contribution in [2.45, 2.75) is 33.4 Å². The van der Waals surface area contributed by atoms with Gasteiger partial charge in [0.05, 0.1) is 23.0 Å². The van der Waals surface area contributed by atoms with Crippen LogP contribution in [0.2, 0.25) is 5.02 Å². The maximum atomic E-state index is 12.8. The number of carbonyl (C=O) groups excluding carboxylic acids is 1. The molecule has 0 aliphatic carbocycles. The summed E-state index contributed by atoms with van der Waals surface area (Å²) in [4.78, 5) is 18.2.